The van der Waals surface area contributed by atoms with E-state index in [0.717, 1.165) is 12.2 Å². The maximum absolute atomic E-state index is 12.0. The van der Waals surface area contributed by atoms with Crippen LogP contribution in [-0.4, -0.2) is 5.91 Å². The van der Waals surface area contributed by atoms with Crippen molar-refractivity contribution >= 4 is 17.7 Å². The van der Waals surface area contributed by atoms with Crippen molar-refractivity contribution in [2.75, 3.05) is 5.32 Å². The minimum atomic E-state index is -0.223. The number of amides is 1. The Morgan fingerprint density at radius 3 is 2.25 bits per heavy atom. The smallest absolute Gasteiger partial charge is 0.248 e. The van der Waals surface area contributed by atoms with Crippen LogP contribution in [0, 0.1) is 0 Å². The number of carbonyl (C=O) groups excluding carboxylic acids is 1. The summed E-state index contributed by atoms with van der Waals surface area (Å²) < 4.78 is 11.1. The number of anilines is 1. The Bertz CT molecular complexity index is 921. The van der Waals surface area contributed by atoms with Crippen LogP contribution < -0.4 is 10.1 Å². The van der Waals surface area contributed by atoms with E-state index in [1.165, 1.54) is 11.6 Å². The average molecular weight is 375 g/mol. The molecular weight excluding hydrogens is 350 g/mol. The first-order valence-electron chi connectivity index (χ1n) is 9.37. The number of hydrogen-bond acceptors (Lipinski definition) is 3. The molecule has 1 aromatic heterocycles. The third kappa shape index (κ3) is 5.13. The van der Waals surface area contributed by atoms with Gasteiger partial charge in [0.15, 0.2) is 0 Å². The summed E-state index contributed by atoms with van der Waals surface area (Å²) in [5.74, 6) is 1.91. The van der Waals surface area contributed by atoms with Gasteiger partial charge in [-0.1, -0.05) is 32.9 Å². The summed E-state index contributed by atoms with van der Waals surface area (Å²) in [4.78, 5) is 12.0. The van der Waals surface area contributed by atoms with Gasteiger partial charge in [0.2, 0.25) is 5.91 Å². The Morgan fingerprint density at radius 2 is 1.68 bits per heavy atom. The number of rotatable bonds is 7. The van der Waals surface area contributed by atoms with Gasteiger partial charge >= 0.3 is 0 Å². The highest BCUT2D eigenvalue weighted by Crippen LogP contribution is 2.29. The lowest BCUT2D eigenvalue weighted by molar-refractivity contribution is -0.111. The predicted octanol–water partition coefficient (Wildman–Crippen LogP) is 6.41. The summed E-state index contributed by atoms with van der Waals surface area (Å²) in [7, 11) is 0. The highest BCUT2D eigenvalue weighted by molar-refractivity contribution is 6.01. The van der Waals surface area contributed by atoms with E-state index in [4.69, 9.17) is 9.15 Å². The fourth-order valence-corrected chi connectivity index (χ4v) is 2.65. The van der Waals surface area contributed by atoms with Crippen molar-refractivity contribution in [3.05, 3.63) is 84.3 Å². The van der Waals surface area contributed by atoms with Crippen LogP contribution in [0.15, 0.2) is 77.4 Å². The zero-order chi connectivity index (χ0) is 20.0. The SMILES string of the molecule is CCC(C)(C)c1ccc(Oc2ccc(NC(=O)/C=C/c3ccco3)cc2)cc1. The highest BCUT2D eigenvalue weighted by atomic mass is 16.5. The summed E-state index contributed by atoms with van der Waals surface area (Å²) in [5, 5.41) is 2.80. The highest BCUT2D eigenvalue weighted by Gasteiger charge is 2.17. The molecule has 28 heavy (non-hydrogen) atoms. The largest absolute Gasteiger partial charge is 0.465 e. The maximum atomic E-state index is 12.0. The van der Waals surface area contributed by atoms with Crippen molar-refractivity contribution in [1.29, 1.82) is 0 Å². The average Bonchev–Trinajstić information content (AvgIpc) is 3.22. The van der Waals surface area contributed by atoms with E-state index in [1.807, 2.05) is 36.4 Å². The summed E-state index contributed by atoms with van der Waals surface area (Å²) in [6, 6.07) is 19.0. The lowest BCUT2D eigenvalue weighted by Gasteiger charge is -2.23. The van der Waals surface area contributed by atoms with Crippen molar-refractivity contribution in [2.24, 2.45) is 0 Å². The van der Waals surface area contributed by atoms with Crippen LogP contribution in [0.1, 0.15) is 38.5 Å². The van der Waals surface area contributed by atoms with Crippen LogP contribution in [0.3, 0.4) is 0 Å². The van der Waals surface area contributed by atoms with Gasteiger partial charge in [0, 0.05) is 11.8 Å². The number of nitrogens with one attached hydrogen (secondary N) is 1. The quantitative estimate of drug-likeness (QED) is 0.485. The van der Waals surface area contributed by atoms with Crippen LogP contribution in [0.4, 0.5) is 5.69 Å². The van der Waals surface area contributed by atoms with Gasteiger partial charge in [-0.3, -0.25) is 4.79 Å². The van der Waals surface area contributed by atoms with E-state index in [0.29, 0.717) is 17.2 Å². The molecule has 0 bridgehead atoms. The van der Waals surface area contributed by atoms with Gasteiger partial charge in [0.25, 0.3) is 0 Å². The molecule has 1 heterocycles. The van der Waals surface area contributed by atoms with Crippen molar-refractivity contribution < 1.29 is 13.9 Å². The number of furan rings is 1. The van der Waals surface area contributed by atoms with Crippen LogP contribution in [-0.2, 0) is 10.2 Å². The van der Waals surface area contributed by atoms with Gasteiger partial charge in [-0.2, -0.15) is 0 Å². The first-order chi connectivity index (χ1) is 13.5. The zero-order valence-corrected chi connectivity index (χ0v) is 16.4. The normalized spacial score (nSPS) is 11.5. The molecule has 4 heteroatoms. The summed E-state index contributed by atoms with van der Waals surface area (Å²) in [6.45, 7) is 6.66. The Kier molecular flexibility index (Phi) is 5.99. The van der Waals surface area contributed by atoms with Gasteiger partial charge in [-0.05, 0) is 72.0 Å². The minimum Gasteiger partial charge on any atom is -0.465 e. The van der Waals surface area contributed by atoms with Crippen molar-refractivity contribution in [3.63, 3.8) is 0 Å². The molecule has 0 aliphatic heterocycles. The van der Waals surface area contributed by atoms with Crippen LogP contribution in [0.2, 0.25) is 0 Å². The van der Waals surface area contributed by atoms with E-state index in [1.54, 1.807) is 24.5 Å². The monoisotopic (exact) mass is 375 g/mol. The first kappa shape index (κ1) is 19.5. The fourth-order valence-electron chi connectivity index (χ4n) is 2.65. The number of ether oxygens (including phenoxy) is 1. The first-order valence-corrected chi connectivity index (χ1v) is 9.37. The molecule has 0 fully saturated rings. The van der Waals surface area contributed by atoms with Gasteiger partial charge in [-0.25, -0.2) is 0 Å². The summed E-state index contributed by atoms with van der Waals surface area (Å²) >= 11 is 0. The molecule has 0 radical (unpaired) electrons. The van der Waals surface area contributed by atoms with E-state index in [-0.39, 0.29) is 11.3 Å². The van der Waals surface area contributed by atoms with E-state index in [2.05, 4.69) is 38.2 Å². The Labute approximate surface area is 165 Å². The number of benzene rings is 2. The molecule has 2 aromatic carbocycles. The maximum Gasteiger partial charge on any atom is 0.248 e. The molecule has 144 valence electrons. The van der Waals surface area contributed by atoms with Crippen LogP contribution in [0.25, 0.3) is 6.08 Å². The molecular formula is C24H25NO3. The molecule has 0 atom stereocenters. The van der Waals surface area contributed by atoms with Gasteiger partial charge < -0.3 is 14.5 Å². The zero-order valence-electron chi connectivity index (χ0n) is 16.4. The van der Waals surface area contributed by atoms with E-state index < -0.39 is 0 Å². The molecule has 3 aromatic rings. The molecule has 1 N–H and O–H groups in total. The predicted molar refractivity (Wildman–Crippen MR) is 113 cm³/mol. The fraction of sp³-hybridized carbons (Fsp3) is 0.208. The third-order valence-corrected chi connectivity index (χ3v) is 4.82. The molecule has 0 saturated heterocycles. The summed E-state index contributed by atoms with van der Waals surface area (Å²) in [5.41, 5.74) is 2.15. The van der Waals surface area contributed by atoms with Crippen molar-refractivity contribution in [1.82, 2.24) is 0 Å². The van der Waals surface area contributed by atoms with Gasteiger partial charge in [-0.15, -0.1) is 0 Å². The third-order valence-electron chi connectivity index (χ3n) is 4.82. The number of hydrogen-bond donors (Lipinski definition) is 1. The van der Waals surface area contributed by atoms with E-state index >= 15 is 0 Å². The second-order valence-electron chi connectivity index (χ2n) is 7.23. The topological polar surface area (TPSA) is 51.5 Å². The molecule has 1 amide bonds. The lowest BCUT2D eigenvalue weighted by atomic mass is 9.82. The second kappa shape index (κ2) is 8.61. The lowest BCUT2D eigenvalue weighted by Crippen LogP contribution is -2.14. The van der Waals surface area contributed by atoms with E-state index in [9.17, 15) is 4.79 Å². The molecule has 0 aliphatic carbocycles. The Morgan fingerprint density at radius 1 is 1.04 bits per heavy atom. The van der Waals surface area contributed by atoms with Gasteiger partial charge in [0.05, 0.1) is 6.26 Å². The Balaban J connectivity index is 1.57. The van der Waals surface area contributed by atoms with Crippen LogP contribution >= 0.6 is 0 Å². The molecule has 0 saturated carbocycles. The van der Waals surface area contributed by atoms with Crippen molar-refractivity contribution in [2.45, 2.75) is 32.6 Å². The molecule has 0 spiro atoms. The molecule has 3 rings (SSSR count). The summed E-state index contributed by atoms with van der Waals surface area (Å²) in [6.07, 6.45) is 5.70. The van der Waals surface area contributed by atoms with Crippen molar-refractivity contribution in [3.8, 4) is 11.5 Å². The standard InChI is InChI=1S/C24H25NO3/c1-4-24(2,3)18-7-11-21(12-8-18)28-22-13-9-19(10-14-22)25-23(26)16-15-20-6-5-17-27-20/h5-17H,4H2,1-3H3,(H,25,26)/b16-15+. The van der Waals surface area contributed by atoms with Gasteiger partial charge in [0.1, 0.15) is 17.3 Å². The number of carbonyl (C=O) groups is 1. The van der Waals surface area contributed by atoms with Crippen LogP contribution in [0.5, 0.6) is 11.5 Å². The molecule has 4 nitrogen and oxygen atoms in total. The Hall–Kier alpha value is -3.27. The molecule has 0 aliphatic rings. The molecule has 0 unspecified atom stereocenters. The minimum absolute atomic E-state index is 0.157. The second-order valence-corrected chi connectivity index (χ2v) is 7.23.